The average molecular weight is 434 g/mol. The Hall–Kier alpha value is -3.03. The van der Waals surface area contributed by atoms with Gasteiger partial charge in [-0.05, 0) is 64.9 Å². The molecule has 1 aliphatic rings. The van der Waals surface area contributed by atoms with Crippen LogP contribution >= 0.6 is 0 Å². The Morgan fingerprint density at radius 3 is 1.97 bits per heavy atom. The molecule has 1 aliphatic carbocycles. The van der Waals surface area contributed by atoms with E-state index in [1.54, 1.807) is 6.07 Å². The van der Waals surface area contributed by atoms with Gasteiger partial charge in [-0.25, -0.2) is 0 Å². The molecule has 32 heavy (non-hydrogen) atoms. The van der Waals surface area contributed by atoms with Gasteiger partial charge < -0.3 is 25.2 Å². The van der Waals surface area contributed by atoms with Gasteiger partial charge in [-0.3, -0.25) is 4.79 Å². The SMILES string of the molecule is Cc1cc(-c2ccc(-c3ccc4c(c3)C(=O)CC(CO)(CO)C4)cc2)ccc1OC(O)O. The van der Waals surface area contributed by atoms with Gasteiger partial charge in [-0.2, -0.15) is 0 Å². The van der Waals surface area contributed by atoms with E-state index in [9.17, 15) is 15.0 Å². The summed E-state index contributed by atoms with van der Waals surface area (Å²) in [7, 11) is 0. The van der Waals surface area contributed by atoms with Crippen molar-refractivity contribution in [3.63, 3.8) is 0 Å². The van der Waals surface area contributed by atoms with Crippen molar-refractivity contribution in [2.45, 2.75) is 26.2 Å². The number of ketones is 1. The molecule has 3 aromatic carbocycles. The molecule has 0 aliphatic heterocycles. The molecule has 0 atom stereocenters. The third-order valence-corrected chi connectivity index (χ3v) is 6.14. The van der Waals surface area contributed by atoms with E-state index in [1.807, 2.05) is 61.5 Å². The van der Waals surface area contributed by atoms with Crippen molar-refractivity contribution in [3.8, 4) is 28.0 Å². The molecule has 6 nitrogen and oxygen atoms in total. The van der Waals surface area contributed by atoms with Crippen molar-refractivity contribution < 1.29 is 30.0 Å². The summed E-state index contributed by atoms with van der Waals surface area (Å²) >= 11 is 0. The Kier molecular flexibility index (Phi) is 6.13. The van der Waals surface area contributed by atoms with Crippen LogP contribution in [0, 0.1) is 12.3 Å². The lowest BCUT2D eigenvalue weighted by Crippen LogP contribution is -2.38. The Labute approximate surface area is 186 Å². The van der Waals surface area contributed by atoms with E-state index >= 15 is 0 Å². The predicted octanol–water partition coefficient (Wildman–Crippen LogP) is 3.08. The van der Waals surface area contributed by atoms with Gasteiger partial charge in [0.1, 0.15) is 5.75 Å². The number of ether oxygens (including phenoxy) is 1. The summed E-state index contributed by atoms with van der Waals surface area (Å²) in [5.41, 5.74) is 5.40. The lowest BCUT2D eigenvalue weighted by atomic mass is 9.71. The van der Waals surface area contributed by atoms with Crippen LogP contribution in [0.15, 0.2) is 60.7 Å². The molecule has 0 amide bonds. The molecule has 0 heterocycles. The Bertz CT molecular complexity index is 1130. The number of carbonyl (C=O) groups excluding carboxylic acids is 1. The van der Waals surface area contributed by atoms with Gasteiger partial charge in [-0.15, -0.1) is 0 Å². The van der Waals surface area contributed by atoms with Crippen LogP contribution in [0.4, 0.5) is 0 Å². The Morgan fingerprint density at radius 1 is 0.844 bits per heavy atom. The van der Waals surface area contributed by atoms with Gasteiger partial charge in [0.05, 0.1) is 13.2 Å². The highest BCUT2D eigenvalue weighted by Gasteiger charge is 2.37. The molecular weight excluding hydrogens is 408 g/mol. The summed E-state index contributed by atoms with van der Waals surface area (Å²) in [4.78, 5) is 12.7. The minimum absolute atomic E-state index is 0.0569. The molecule has 0 unspecified atom stereocenters. The van der Waals surface area contributed by atoms with Gasteiger partial charge in [0.15, 0.2) is 5.78 Å². The highest BCUT2D eigenvalue weighted by atomic mass is 16.7. The van der Waals surface area contributed by atoms with Crippen LogP contribution in [0.5, 0.6) is 5.75 Å². The van der Waals surface area contributed by atoms with E-state index in [4.69, 9.17) is 14.9 Å². The molecule has 0 spiro atoms. The van der Waals surface area contributed by atoms with Crippen LogP contribution in [0.25, 0.3) is 22.3 Å². The lowest BCUT2D eigenvalue weighted by Gasteiger charge is -2.34. The fourth-order valence-electron chi connectivity index (χ4n) is 4.28. The van der Waals surface area contributed by atoms with Gasteiger partial charge in [0.25, 0.3) is 0 Å². The summed E-state index contributed by atoms with van der Waals surface area (Å²) in [6.45, 7) is -0.455. The summed E-state index contributed by atoms with van der Waals surface area (Å²) in [6, 6.07) is 19.2. The second-order valence-electron chi connectivity index (χ2n) is 8.47. The Morgan fingerprint density at radius 2 is 1.41 bits per heavy atom. The van der Waals surface area contributed by atoms with Crippen LogP contribution in [-0.4, -0.2) is 45.9 Å². The zero-order chi connectivity index (χ0) is 22.9. The van der Waals surface area contributed by atoms with Crippen LogP contribution in [0.1, 0.15) is 27.9 Å². The number of rotatable bonds is 6. The number of carbonyl (C=O) groups is 1. The third kappa shape index (κ3) is 4.31. The van der Waals surface area contributed by atoms with E-state index in [2.05, 4.69) is 0 Å². The monoisotopic (exact) mass is 434 g/mol. The van der Waals surface area contributed by atoms with Crippen molar-refractivity contribution in [2.75, 3.05) is 13.2 Å². The molecule has 0 aromatic heterocycles. The number of aryl methyl sites for hydroxylation is 1. The molecule has 0 radical (unpaired) electrons. The summed E-state index contributed by atoms with van der Waals surface area (Å²) < 4.78 is 4.95. The fraction of sp³-hybridized carbons (Fsp3) is 0.269. The van der Waals surface area contributed by atoms with Gasteiger partial charge >= 0.3 is 6.48 Å². The van der Waals surface area contributed by atoms with E-state index in [0.29, 0.717) is 17.7 Å². The van der Waals surface area contributed by atoms with Crippen molar-refractivity contribution in [1.82, 2.24) is 0 Å². The molecule has 0 bridgehead atoms. The van der Waals surface area contributed by atoms with E-state index < -0.39 is 11.9 Å². The predicted molar refractivity (Wildman–Crippen MR) is 120 cm³/mol. The zero-order valence-electron chi connectivity index (χ0n) is 17.8. The number of Topliss-reactive ketones (excluding diaryl/α,β-unsaturated/α-hetero) is 1. The second-order valence-corrected chi connectivity index (χ2v) is 8.47. The molecule has 6 heteroatoms. The first-order chi connectivity index (χ1) is 15.3. The summed E-state index contributed by atoms with van der Waals surface area (Å²) in [6.07, 6.45) is 0.619. The largest absolute Gasteiger partial charge is 0.441 e. The van der Waals surface area contributed by atoms with Crippen molar-refractivity contribution in [1.29, 1.82) is 0 Å². The number of aliphatic hydroxyl groups is 4. The smallest absolute Gasteiger partial charge is 0.310 e. The molecule has 3 aromatic rings. The number of fused-ring (bicyclic) bond motifs is 1. The molecule has 4 N–H and O–H groups in total. The number of hydrogen-bond donors (Lipinski definition) is 4. The number of aliphatic hydroxyl groups excluding tert-OH is 3. The maximum atomic E-state index is 12.7. The van der Waals surface area contributed by atoms with Crippen molar-refractivity contribution in [2.24, 2.45) is 5.41 Å². The van der Waals surface area contributed by atoms with Crippen LogP contribution in [-0.2, 0) is 6.42 Å². The highest BCUT2D eigenvalue weighted by Crippen LogP contribution is 2.37. The topological polar surface area (TPSA) is 107 Å². The van der Waals surface area contributed by atoms with Crippen molar-refractivity contribution in [3.05, 3.63) is 77.4 Å². The van der Waals surface area contributed by atoms with Gasteiger partial charge in [0, 0.05) is 17.4 Å². The molecule has 166 valence electrons. The first kappa shape index (κ1) is 22.2. The highest BCUT2D eigenvalue weighted by molar-refractivity contribution is 6.00. The first-order valence-corrected chi connectivity index (χ1v) is 10.5. The molecule has 0 fully saturated rings. The molecule has 0 saturated heterocycles. The quantitative estimate of drug-likeness (QED) is 0.444. The maximum absolute atomic E-state index is 12.7. The first-order valence-electron chi connectivity index (χ1n) is 10.5. The maximum Gasteiger partial charge on any atom is 0.310 e. The van der Waals surface area contributed by atoms with Crippen LogP contribution in [0.3, 0.4) is 0 Å². The lowest BCUT2D eigenvalue weighted by molar-refractivity contribution is -0.179. The normalized spacial score (nSPS) is 15.0. The van der Waals surface area contributed by atoms with Crippen LogP contribution in [0.2, 0.25) is 0 Å². The molecule has 0 saturated carbocycles. The van der Waals surface area contributed by atoms with E-state index in [0.717, 1.165) is 33.4 Å². The Balaban J connectivity index is 1.59. The second kappa shape index (κ2) is 8.84. The fourth-order valence-corrected chi connectivity index (χ4v) is 4.28. The third-order valence-electron chi connectivity index (χ3n) is 6.14. The standard InChI is InChI=1S/C26H26O6/c1-16-10-19(8-9-24(16)32-25(30)31)17-2-4-18(5-3-17)20-6-7-21-12-26(14-27,15-28)13-23(29)22(21)11-20/h2-11,25,27-28,30-31H,12-15H2,1H3. The zero-order valence-corrected chi connectivity index (χ0v) is 17.8. The molecular formula is C26H26O6. The number of benzene rings is 3. The van der Waals surface area contributed by atoms with Gasteiger partial charge in [-0.1, -0.05) is 42.5 Å². The van der Waals surface area contributed by atoms with E-state index in [-0.39, 0.29) is 25.4 Å². The minimum Gasteiger partial charge on any atom is -0.441 e. The summed E-state index contributed by atoms with van der Waals surface area (Å²) in [5.74, 6) is 0.351. The van der Waals surface area contributed by atoms with Crippen molar-refractivity contribution >= 4 is 5.78 Å². The van der Waals surface area contributed by atoms with Gasteiger partial charge in [0.2, 0.25) is 0 Å². The number of hydrogen-bond acceptors (Lipinski definition) is 6. The molecule has 4 rings (SSSR count). The van der Waals surface area contributed by atoms with E-state index in [1.165, 1.54) is 0 Å². The van der Waals surface area contributed by atoms with Crippen LogP contribution < -0.4 is 4.74 Å². The summed E-state index contributed by atoms with van der Waals surface area (Å²) in [5, 5.41) is 37.3. The average Bonchev–Trinajstić information content (AvgIpc) is 2.80. The minimum atomic E-state index is -1.86.